The van der Waals surface area contributed by atoms with Crippen LogP contribution in [0.25, 0.3) is 0 Å². The minimum Gasteiger partial charge on any atom is -0.460 e. The summed E-state index contributed by atoms with van der Waals surface area (Å²) in [5, 5.41) is 16.1. The van der Waals surface area contributed by atoms with Crippen LogP contribution in [-0.2, 0) is 55.1 Å². The van der Waals surface area contributed by atoms with Gasteiger partial charge < -0.3 is 34.9 Å². The average Bonchev–Trinajstić information content (AvgIpc) is 3.51. The second-order valence-corrected chi connectivity index (χ2v) is 14.5. The van der Waals surface area contributed by atoms with Gasteiger partial charge in [-0.25, -0.2) is 4.79 Å². The predicted molar refractivity (Wildman–Crippen MR) is 204 cm³/mol. The molecule has 3 rings (SSSR count). The molecule has 13 nitrogen and oxygen atoms in total. The van der Waals surface area contributed by atoms with Gasteiger partial charge in [0, 0.05) is 17.5 Å². The first-order valence-electron chi connectivity index (χ1n) is 16.3. The first-order valence-corrected chi connectivity index (χ1v) is 17.5. The molecule has 4 N–H and O–H groups in total. The van der Waals surface area contributed by atoms with Gasteiger partial charge in [-0.1, -0.05) is 54.6 Å². The van der Waals surface area contributed by atoms with E-state index in [9.17, 15) is 24.0 Å². The first-order chi connectivity index (χ1) is 23.4. The van der Waals surface area contributed by atoms with Crippen LogP contribution >= 0.6 is 35.7 Å². The normalized spacial score (nSPS) is 15.0. The lowest BCUT2D eigenvalue weighted by Gasteiger charge is -2.28. The number of benzene rings is 2. The number of thioether (sulfide) groups is 1. The molecule has 1 fully saturated rings. The van der Waals surface area contributed by atoms with Crippen LogP contribution in [0.3, 0.4) is 0 Å². The molecule has 0 spiro atoms. The van der Waals surface area contributed by atoms with E-state index in [-0.39, 0.29) is 50.0 Å². The topological polar surface area (TPSA) is 182 Å². The molecular weight excluding hydrogens is 791 g/mol. The maximum atomic E-state index is 13.6. The minimum absolute atomic E-state index is 0. The Kier molecular flexibility index (Phi) is 16.5. The summed E-state index contributed by atoms with van der Waals surface area (Å²) in [6.45, 7) is 10.1. The standard InChI is InChI=1S/C36H48N4O9S.HI/c1-34(2,3)48-30(43)20-26(32(44)40-27(33(45)49-35(4,5)6)19-23-11-9-8-10-12-23)39-29(42)22-38-28(41)21-36(46-17-18-47-36)25-15-13-24(14-16-25)31(37)50-7;/h8-16,26-27,37H,17-22H2,1-7H3,(H,38,41)(H,39,42)(H,40,44);1H/t26-,27-;/m0./s1. The molecule has 0 unspecified atom stereocenters. The molecule has 1 saturated heterocycles. The lowest BCUT2D eigenvalue weighted by Crippen LogP contribution is -2.55. The highest BCUT2D eigenvalue weighted by Gasteiger charge is 2.41. The Balaban J connectivity index is 0.00000901. The second-order valence-electron chi connectivity index (χ2n) is 13.7. The van der Waals surface area contributed by atoms with Crippen LogP contribution in [-0.4, -0.2) is 84.0 Å². The molecule has 280 valence electrons. The van der Waals surface area contributed by atoms with Crippen molar-refractivity contribution in [2.45, 2.75) is 89.9 Å². The summed E-state index contributed by atoms with van der Waals surface area (Å²) in [5.74, 6) is -4.96. The molecule has 1 aliphatic heterocycles. The van der Waals surface area contributed by atoms with Gasteiger partial charge in [0.05, 0.1) is 37.6 Å². The van der Waals surface area contributed by atoms with Crippen molar-refractivity contribution in [1.29, 1.82) is 5.41 Å². The van der Waals surface area contributed by atoms with Crippen molar-refractivity contribution in [2.24, 2.45) is 0 Å². The molecule has 2 atom stereocenters. The van der Waals surface area contributed by atoms with Crippen molar-refractivity contribution in [1.82, 2.24) is 16.0 Å². The van der Waals surface area contributed by atoms with Crippen molar-refractivity contribution >= 4 is 70.4 Å². The van der Waals surface area contributed by atoms with E-state index in [2.05, 4.69) is 16.0 Å². The Morgan fingerprint density at radius 1 is 0.843 bits per heavy atom. The molecule has 0 aliphatic carbocycles. The second kappa shape index (κ2) is 19.3. The number of amides is 3. The van der Waals surface area contributed by atoms with Crippen LogP contribution in [0.1, 0.15) is 71.1 Å². The summed E-state index contributed by atoms with van der Waals surface area (Å²) < 4.78 is 22.7. The van der Waals surface area contributed by atoms with Crippen molar-refractivity contribution in [3.63, 3.8) is 0 Å². The van der Waals surface area contributed by atoms with Gasteiger partial charge in [0.15, 0.2) is 0 Å². The number of esters is 2. The number of carbonyl (C=O) groups excluding carboxylic acids is 5. The third-order valence-electron chi connectivity index (χ3n) is 7.12. The Labute approximate surface area is 320 Å². The van der Waals surface area contributed by atoms with Crippen LogP contribution in [0.2, 0.25) is 0 Å². The number of halogens is 1. The molecule has 0 bridgehead atoms. The molecule has 15 heteroatoms. The number of rotatable bonds is 14. The van der Waals surface area contributed by atoms with Gasteiger partial charge in [0.2, 0.25) is 23.5 Å². The molecule has 0 aromatic heterocycles. The first kappa shape index (κ1) is 43.6. The number of carbonyl (C=O) groups is 5. The van der Waals surface area contributed by atoms with Crippen molar-refractivity contribution in [3.8, 4) is 0 Å². The highest BCUT2D eigenvalue weighted by molar-refractivity contribution is 14.0. The van der Waals surface area contributed by atoms with E-state index in [0.717, 1.165) is 5.56 Å². The van der Waals surface area contributed by atoms with E-state index in [1.165, 1.54) is 11.8 Å². The average molecular weight is 841 g/mol. The SMILES string of the molecule is CSC(=N)c1ccc(C2(CC(=O)NCC(=O)N[C@@H](CC(=O)OC(C)(C)C)C(=O)N[C@@H](Cc3ccccc3)C(=O)OC(C)(C)C)OCCO2)cc1.I. The highest BCUT2D eigenvalue weighted by Crippen LogP contribution is 2.35. The third kappa shape index (κ3) is 14.5. The van der Waals surface area contributed by atoms with Gasteiger partial charge in [0.25, 0.3) is 0 Å². The van der Waals surface area contributed by atoms with Gasteiger partial charge in [-0.15, -0.1) is 35.7 Å². The number of hydrogen-bond donors (Lipinski definition) is 4. The van der Waals surface area contributed by atoms with E-state index in [1.54, 1.807) is 96.3 Å². The number of nitrogens with one attached hydrogen (secondary N) is 4. The van der Waals surface area contributed by atoms with E-state index in [4.69, 9.17) is 24.4 Å². The fourth-order valence-electron chi connectivity index (χ4n) is 4.96. The van der Waals surface area contributed by atoms with Crippen molar-refractivity contribution in [3.05, 3.63) is 71.3 Å². The Bertz CT molecular complexity index is 1520. The smallest absolute Gasteiger partial charge is 0.329 e. The lowest BCUT2D eigenvalue weighted by molar-refractivity contribution is -0.177. The summed E-state index contributed by atoms with van der Waals surface area (Å²) in [6.07, 6.45) is 1.10. The van der Waals surface area contributed by atoms with Crippen LogP contribution in [0.4, 0.5) is 0 Å². The minimum atomic E-state index is -1.44. The van der Waals surface area contributed by atoms with Crippen LogP contribution in [0, 0.1) is 5.41 Å². The molecule has 2 aromatic rings. The Hall–Kier alpha value is -3.54. The fourth-order valence-corrected chi connectivity index (χ4v) is 5.34. The van der Waals surface area contributed by atoms with Gasteiger partial charge in [-0.2, -0.15) is 0 Å². The molecule has 51 heavy (non-hydrogen) atoms. The maximum absolute atomic E-state index is 13.6. The summed E-state index contributed by atoms with van der Waals surface area (Å²) in [4.78, 5) is 65.8. The zero-order chi connectivity index (χ0) is 37.1. The summed E-state index contributed by atoms with van der Waals surface area (Å²) in [5.41, 5.74) is 0.338. The monoisotopic (exact) mass is 840 g/mol. The maximum Gasteiger partial charge on any atom is 0.329 e. The highest BCUT2D eigenvalue weighted by atomic mass is 127. The van der Waals surface area contributed by atoms with Crippen molar-refractivity contribution in [2.75, 3.05) is 26.0 Å². The number of hydrogen-bond acceptors (Lipinski definition) is 11. The van der Waals surface area contributed by atoms with Crippen LogP contribution in [0.5, 0.6) is 0 Å². The zero-order valence-corrected chi connectivity index (χ0v) is 33.2. The fraction of sp³-hybridized carbons (Fsp3) is 0.500. The number of ether oxygens (including phenoxy) is 4. The van der Waals surface area contributed by atoms with Gasteiger partial charge in [0.1, 0.15) is 23.3 Å². The molecule has 1 heterocycles. The van der Waals surface area contributed by atoms with Gasteiger partial charge in [-0.3, -0.25) is 24.6 Å². The largest absolute Gasteiger partial charge is 0.460 e. The van der Waals surface area contributed by atoms with Gasteiger partial charge >= 0.3 is 11.9 Å². The van der Waals surface area contributed by atoms with Crippen LogP contribution in [0.15, 0.2) is 54.6 Å². The zero-order valence-electron chi connectivity index (χ0n) is 30.1. The molecular formula is C36H49IN4O9S. The molecule has 0 saturated carbocycles. The van der Waals surface area contributed by atoms with E-state index in [1.807, 2.05) is 6.07 Å². The van der Waals surface area contributed by atoms with E-state index in [0.29, 0.717) is 16.2 Å². The Morgan fingerprint density at radius 3 is 1.98 bits per heavy atom. The molecule has 0 radical (unpaired) electrons. The predicted octanol–water partition coefficient (Wildman–Crippen LogP) is 3.98. The Morgan fingerprint density at radius 2 is 1.43 bits per heavy atom. The van der Waals surface area contributed by atoms with Crippen molar-refractivity contribution < 1.29 is 42.9 Å². The van der Waals surface area contributed by atoms with E-state index >= 15 is 0 Å². The summed E-state index contributed by atoms with van der Waals surface area (Å²) >= 11 is 1.30. The molecule has 3 amide bonds. The van der Waals surface area contributed by atoms with Gasteiger partial charge in [-0.05, 0) is 53.4 Å². The summed E-state index contributed by atoms with van der Waals surface area (Å²) in [6, 6.07) is 13.4. The third-order valence-corrected chi connectivity index (χ3v) is 7.76. The molecule has 1 aliphatic rings. The lowest BCUT2D eigenvalue weighted by atomic mass is 10.0. The summed E-state index contributed by atoms with van der Waals surface area (Å²) in [7, 11) is 0. The van der Waals surface area contributed by atoms with Crippen LogP contribution < -0.4 is 16.0 Å². The quantitative estimate of drug-likeness (QED) is 0.0941. The molecule has 2 aromatic carbocycles. The van der Waals surface area contributed by atoms with E-state index < -0.39 is 71.7 Å².